The fourth-order valence-electron chi connectivity index (χ4n) is 2.86. The number of ether oxygens (including phenoxy) is 1. The van der Waals surface area contributed by atoms with Crippen LogP contribution in [0.2, 0.25) is 5.02 Å². The van der Waals surface area contributed by atoms with Crippen LogP contribution in [0.25, 0.3) is 0 Å². The van der Waals surface area contributed by atoms with E-state index in [1.54, 1.807) is 7.11 Å². The third-order valence-electron chi connectivity index (χ3n) is 3.82. The molecule has 0 amide bonds. The van der Waals surface area contributed by atoms with Gasteiger partial charge >= 0.3 is 0 Å². The van der Waals surface area contributed by atoms with Crippen LogP contribution in [-0.4, -0.2) is 30.1 Å². The van der Waals surface area contributed by atoms with Gasteiger partial charge in [0.25, 0.3) is 0 Å². The van der Waals surface area contributed by atoms with Gasteiger partial charge < -0.3 is 10.5 Å². The van der Waals surface area contributed by atoms with E-state index in [4.69, 9.17) is 22.1 Å². The molecule has 1 saturated heterocycles. The van der Waals surface area contributed by atoms with E-state index in [0.717, 1.165) is 13.0 Å². The Labute approximate surface area is 120 Å². The van der Waals surface area contributed by atoms with E-state index in [-0.39, 0.29) is 17.6 Å². The Kier molecular flexibility index (Phi) is 4.09. The molecule has 3 nitrogen and oxygen atoms in total. The van der Waals surface area contributed by atoms with Gasteiger partial charge in [0.05, 0.1) is 18.2 Å². The molecule has 2 N–H and O–H groups in total. The minimum atomic E-state index is 0.102. The Balaban J connectivity index is 2.35. The van der Waals surface area contributed by atoms with Crippen molar-refractivity contribution in [1.82, 2.24) is 4.90 Å². The second-order valence-electron chi connectivity index (χ2n) is 6.16. The van der Waals surface area contributed by atoms with Crippen molar-refractivity contribution in [3.63, 3.8) is 0 Å². The predicted molar refractivity (Wildman–Crippen MR) is 79.8 cm³/mol. The van der Waals surface area contributed by atoms with E-state index < -0.39 is 0 Å². The molecule has 1 aliphatic rings. The van der Waals surface area contributed by atoms with Crippen LogP contribution in [0.4, 0.5) is 0 Å². The Morgan fingerprint density at radius 2 is 2.05 bits per heavy atom. The van der Waals surface area contributed by atoms with E-state index >= 15 is 0 Å². The number of likely N-dealkylation sites (tertiary alicyclic amines) is 1. The third-order valence-corrected chi connectivity index (χ3v) is 4.12. The lowest BCUT2D eigenvalue weighted by Crippen LogP contribution is -2.43. The molecule has 106 valence electrons. The molecule has 1 aromatic rings. The predicted octanol–water partition coefficient (Wildman–Crippen LogP) is 3.22. The molecule has 2 atom stereocenters. The Bertz CT molecular complexity index is 456. The lowest BCUT2D eigenvalue weighted by molar-refractivity contribution is 0.117. The van der Waals surface area contributed by atoms with E-state index in [9.17, 15) is 0 Å². The number of rotatable bonds is 2. The molecule has 1 fully saturated rings. The molecule has 0 spiro atoms. The maximum atomic E-state index is 6.30. The van der Waals surface area contributed by atoms with Crippen molar-refractivity contribution in [3.8, 4) is 5.75 Å². The van der Waals surface area contributed by atoms with Gasteiger partial charge in [-0.1, -0.05) is 17.7 Å². The van der Waals surface area contributed by atoms with Crippen molar-refractivity contribution < 1.29 is 4.74 Å². The van der Waals surface area contributed by atoms with Gasteiger partial charge in [0.1, 0.15) is 5.75 Å². The summed E-state index contributed by atoms with van der Waals surface area (Å²) in [5, 5.41) is 0.646. The second-order valence-corrected chi connectivity index (χ2v) is 6.56. The lowest BCUT2D eigenvalue weighted by atomic mass is 9.97. The average Bonchev–Trinajstić information content (AvgIpc) is 2.70. The highest BCUT2D eigenvalue weighted by molar-refractivity contribution is 6.32. The third kappa shape index (κ3) is 2.88. The van der Waals surface area contributed by atoms with Gasteiger partial charge in [-0.3, -0.25) is 4.90 Å². The zero-order valence-electron chi connectivity index (χ0n) is 12.1. The van der Waals surface area contributed by atoms with Crippen molar-refractivity contribution in [2.24, 2.45) is 5.73 Å². The maximum Gasteiger partial charge on any atom is 0.137 e. The number of halogens is 1. The van der Waals surface area contributed by atoms with Gasteiger partial charge in [-0.15, -0.1) is 0 Å². The second kappa shape index (κ2) is 5.31. The Morgan fingerprint density at radius 3 is 2.58 bits per heavy atom. The largest absolute Gasteiger partial charge is 0.495 e. The zero-order valence-corrected chi connectivity index (χ0v) is 12.9. The van der Waals surface area contributed by atoms with Gasteiger partial charge in [0.15, 0.2) is 0 Å². The SMILES string of the molecule is COc1ccc(C2C(N)CCN2C(C)(C)C)cc1Cl. The minimum Gasteiger partial charge on any atom is -0.495 e. The molecule has 1 aliphatic heterocycles. The molecule has 0 aromatic heterocycles. The smallest absolute Gasteiger partial charge is 0.137 e. The first-order chi connectivity index (χ1) is 8.84. The van der Waals surface area contributed by atoms with Gasteiger partial charge in [-0.05, 0) is 44.9 Å². The van der Waals surface area contributed by atoms with Crippen LogP contribution in [0, 0.1) is 0 Å². The number of methoxy groups -OCH3 is 1. The van der Waals surface area contributed by atoms with Crippen LogP contribution in [0.15, 0.2) is 18.2 Å². The van der Waals surface area contributed by atoms with Crippen LogP contribution in [-0.2, 0) is 0 Å². The summed E-state index contributed by atoms with van der Waals surface area (Å²) in [6.07, 6.45) is 1.02. The van der Waals surface area contributed by atoms with E-state index in [1.807, 2.05) is 12.1 Å². The Morgan fingerprint density at radius 1 is 1.37 bits per heavy atom. The first-order valence-corrected chi connectivity index (χ1v) is 7.08. The van der Waals surface area contributed by atoms with Crippen LogP contribution >= 0.6 is 11.6 Å². The summed E-state index contributed by atoms with van der Waals surface area (Å²) in [5.41, 5.74) is 7.58. The normalized spacial score (nSPS) is 24.7. The van der Waals surface area contributed by atoms with Crippen LogP contribution < -0.4 is 10.5 Å². The van der Waals surface area contributed by atoms with Crippen LogP contribution in [0.5, 0.6) is 5.75 Å². The molecule has 0 aliphatic carbocycles. The maximum absolute atomic E-state index is 6.30. The summed E-state index contributed by atoms with van der Waals surface area (Å²) in [4.78, 5) is 2.45. The Hall–Kier alpha value is -0.770. The average molecular weight is 283 g/mol. The van der Waals surface area contributed by atoms with Crippen molar-refractivity contribution in [3.05, 3.63) is 28.8 Å². The van der Waals surface area contributed by atoms with Gasteiger partial charge in [0.2, 0.25) is 0 Å². The molecular weight excluding hydrogens is 260 g/mol. The van der Waals surface area contributed by atoms with E-state index in [0.29, 0.717) is 10.8 Å². The first kappa shape index (κ1) is 14.6. The highest BCUT2D eigenvalue weighted by Gasteiger charge is 2.38. The standard InChI is InChI=1S/C15H23ClN2O/c1-15(2,3)18-8-7-12(17)14(18)10-5-6-13(19-4)11(16)9-10/h5-6,9,12,14H,7-8,17H2,1-4H3. The van der Waals surface area contributed by atoms with Crippen molar-refractivity contribution in [2.75, 3.05) is 13.7 Å². The molecular formula is C15H23ClN2O. The van der Waals surface area contributed by atoms with Crippen molar-refractivity contribution in [2.45, 2.75) is 44.8 Å². The number of nitrogens with two attached hydrogens (primary N) is 1. The van der Waals surface area contributed by atoms with Gasteiger partial charge in [-0.25, -0.2) is 0 Å². The summed E-state index contributed by atoms with van der Waals surface area (Å²) >= 11 is 6.23. The van der Waals surface area contributed by atoms with Crippen molar-refractivity contribution >= 4 is 11.6 Å². The van der Waals surface area contributed by atoms with Gasteiger partial charge in [0, 0.05) is 18.1 Å². The lowest BCUT2D eigenvalue weighted by Gasteiger charge is -2.38. The molecule has 1 aromatic carbocycles. The first-order valence-electron chi connectivity index (χ1n) is 6.70. The summed E-state index contributed by atoms with van der Waals surface area (Å²) in [5.74, 6) is 0.708. The fraction of sp³-hybridized carbons (Fsp3) is 0.600. The molecule has 0 saturated carbocycles. The quantitative estimate of drug-likeness (QED) is 0.905. The topological polar surface area (TPSA) is 38.5 Å². The van der Waals surface area contributed by atoms with E-state index in [1.165, 1.54) is 5.56 Å². The highest BCUT2D eigenvalue weighted by atomic mass is 35.5. The van der Waals surface area contributed by atoms with E-state index in [2.05, 4.69) is 31.7 Å². The molecule has 0 bridgehead atoms. The summed E-state index contributed by atoms with van der Waals surface area (Å²) in [7, 11) is 1.63. The summed E-state index contributed by atoms with van der Waals surface area (Å²) < 4.78 is 5.21. The molecule has 2 unspecified atom stereocenters. The molecule has 4 heteroatoms. The monoisotopic (exact) mass is 282 g/mol. The minimum absolute atomic E-state index is 0.102. The van der Waals surface area contributed by atoms with Crippen molar-refractivity contribution in [1.29, 1.82) is 0 Å². The summed E-state index contributed by atoms with van der Waals surface area (Å²) in [6.45, 7) is 7.70. The fourth-order valence-corrected chi connectivity index (χ4v) is 3.13. The number of benzene rings is 1. The number of hydrogen-bond donors (Lipinski definition) is 1. The molecule has 0 radical (unpaired) electrons. The number of hydrogen-bond acceptors (Lipinski definition) is 3. The number of nitrogens with zero attached hydrogens (tertiary/aromatic N) is 1. The van der Waals surface area contributed by atoms with Gasteiger partial charge in [-0.2, -0.15) is 0 Å². The molecule has 2 rings (SSSR count). The van der Waals surface area contributed by atoms with Crippen LogP contribution in [0.3, 0.4) is 0 Å². The van der Waals surface area contributed by atoms with Crippen LogP contribution in [0.1, 0.15) is 38.8 Å². The zero-order chi connectivity index (χ0) is 14.2. The summed E-state index contributed by atoms with van der Waals surface area (Å²) in [6, 6.07) is 6.35. The molecule has 1 heterocycles. The molecule has 19 heavy (non-hydrogen) atoms. The highest BCUT2D eigenvalue weighted by Crippen LogP contribution is 2.38.